The summed E-state index contributed by atoms with van der Waals surface area (Å²) in [6.45, 7) is 3.92. The van der Waals surface area contributed by atoms with Gasteiger partial charge < -0.3 is 10.1 Å². The smallest absolute Gasteiger partial charge is 0.0874 e. The van der Waals surface area contributed by atoms with Crippen LogP contribution in [-0.4, -0.2) is 48.3 Å². The van der Waals surface area contributed by atoms with Crippen molar-refractivity contribution in [3.63, 3.8) is 0 Å². The summed E-state index contributed by atoms with van der Waals surface area (Å²) in [6.07, 6.45) is 6.25. The molecule has 1 N–H and O–H groups in total. The van der Waals surface area contributed by atoms with Gasteiger partial charge in [-0.2, -0.15) is 0 Å². The number of aromatic nitrogens is 1. The first-order chi connectivity index (χ1) is 8.83. The summed E-state index contributed by atoms with van der Waals surface area (Å²) in [5.74, 6) is 0. The second-order valence-corrected chi connectivity index (χ2v) is 5.39. The van der Waals surface area contributed by atoms with Crippen LogP contribution in [0.3, 0.4) is 0 Å². The molecule has 2 fully saturated rings. The van der Waals surface area contributed by atoms with Gasteiger partial charge in [0.1, 0.15) is 0 Å². The predicted octanol–water partition coefficient (Wildman–Crippen LogP) is 2.01. The number of rotatable bonds is 3. The van der Waals surface area contributed by atoms with Crippen LogP contribution in [0.15, 0.2) is 18.5 Å². The molecule has 2 atom stereocenters. The SMILES string of the molecule is Clc1cnccc1NCC1CN2CCCC2CO1. The van der Waals surface area contributed by atoms with Crippen LogP contribution in [0.5, 0.6) is 0 Å². The number of hydrogen-bond acceptors (Lipinski definition) is 4. The molecular weight excluding hydrogens is 250 g/mol. The van der Waals surface area contributed by atoms with Gasteiger partial charge in [0.2, 0.25) is 0 Å². The standard InChI is InChI=1S/C13H18ClN3O/c14-12-7-15-4-3-13(12)16-6-11-8-17-5-1-2-10(17)9-18-11/h3-4,7,10-11H,1-2,5-6,8-9H2,(H,15,16). The van der Waals surface area contributed by atoms with E-state index < -0.39 is 0 Å². The molecule has 0 bridgehead atoms. The fourth-order valence-electron chi connectivity index (χ4n) is 2.75. The van der Waals surface area contributed by atoms with Gasteiger partial charge in [0.05, 0.1) is 23.4 Å². The summed E-state index contributed by atoms with van der Waals surface area (Å²) in [6, 6.07) is 2.55. The van der Waals surface area contributed by atoms with Gasteiger partial charge in [0.25, 0.3) is 0 Å². The molecule has 5 heteroatoms. The third-order valence-electron chi connectivity index (χ3n) is 3.75. The second-order valence-electron chi connectivity index (χ2n) is 4.98. The van der Waals surface area contributed by atoms with Crippen molar-refractivity contribution in [3.05, 3.63) is 23.5 Å². The first-order valence-corrected chi connectivity index (χ1v) is 6.90. The zero-order valence-electron chi connectivity index (χ0n) is 10.3. The van der Waals surface area contributed by atoms with Crippen molar-refractivity contribution in [2.45, 2.75) is 25.0 Å². The number of nitrogens with zero attached hydrogens (tertiary/aromatic N) is 2. The first kappa shape index (κ1) is 12.2. The lowest BCUT2D eigenvalue weighted by atomic mass is 10.2. The van der Waals surface area contributed by atoms with Crippen LogP contribution in [0.2, 0.25) is 5.02 Å². The molecule has 2 unspecified atom stereocenters. The minimum Gasteiger partial charge on any atom is -0.381 e. The summed E-state index contributed by atoms with van der Waals surface area (Å²) < 4.78 is 5.89. The molecule has 2 aliphatic heterocycles. The van der Waals surface area contributed by atoms with Crippen molar-refractivity contribution in [2.24, 2.45) is 0 Å². The molecule has 3 rings (SSSR count). The normalized spacial score (nSPS) is 28.1. The van der Waals surface area contributed by atoms with Crippen molar-refractivity contribution in [1.29, 1.82) is 0 Å². The predicted molar refractivity (Wildman–Crippen MR) is 72.1 cm³/mol. The average Bonchev–Trinajstić information content (AvgIpc) is 2.85. The summed E-state index contributed by atoms with van der Waals surface area (Å²) in [7, 11) is 0. The third kappa shape index (κ3) is 2.60. The number of nitrogens with one attached hydrogen (secondary N) is 1. The Hall–Kier alpha value is -0.840. The molecule has 0 radical (unpaired) electrons. The lowest BCUT2D eigenvalue weighted by molar-refractivity contribution is -0.0415. The van der Waals surface area contributed by atoms with E-state index in [1.54, 1.807) is 12.4 Å². The first-order valence-electron chi connectivity index (χ1n) is 6.52. The van der Waals surface area contributed by atoms with Crippen LogP contribution in [0.25, 0.3) is 0 Å². The molecule has 0 aromatic carbocycles. The molecule has 2 aliphatic rings. The van der Waals surface area contributed by atoms with Crippen LogP contribution in [-0.2, 0) is 4.74 Å². The number of halogens is 1. The largest absolute Gasteiger partial charge is 0.381 e. The third-order valence-corrected chi connectivity index (χ3v) is 4.06. The van der Waals surface area contributed by atoms with Gasteiger partial charge in [-0.3, -0.25) is 9.88 Å². The number of fused-ring (bicyclic) bond motifs is 1. The van der Waals surface area contributed by atoms with E-state index in [0.717, 1.165) is 25.4 Å². The van der Waals surface area contributed by atoms with Crippen LogP contribution in [0, 0.1) is 0 Å². The molecule has 2 saturated heterocycles. The summed E-state index contributed by atoms with van der Waals surface area (Å²) in [5, 5.41) is 4.00. The Labute approximate surface area is 112 Å². The molecule has 0 spiro atoms. The maximum absolute atomic E-state index is 6.05. The molecule has 18 heavy (non-hydrogen) atoms. The summed E-state index contributed by atoms with van der Waals surface area (Å²) in [4.78, 5) is 6.52. The van der Waals surface area contributed by atoms with Crippen LogP contribution in [0.4, 0.5) is 5.69 Å². The van der Waals surface area contributed by atoms with Gasteiger partial charge in [-0.15, -0.1) is 0 Å². The molecule has 1 aromatic rings. The lowest BCUT2D eigenvalue weighted by Gasteiger charge is -2.35. The quantitative estimate of drug-likeness (QED) is 0.909. The number of hydrogen-bond donors (Lipinski definition) is 1. The number of ether oxygens (including phenoxy) is 1. The number of anilines is 1. The molecule has 0 saturated carbocycles. The van der Waals surface area contributed by atoms with E-state index in [-0.39, 0.29) is 6.10 Å². The fraction of sp³-hybridized carbons (Fsp3) is 0.615. The van der Waals surface area contributed by atoms with Crippen LogP contribution < -0.4 is 5.32 Å². The Morgan fingerprint density at radius 2 is 2.50 bits per heavy atom. The Kier molecular flexibility index (Phi) is 3.68. The zero-order chi connectivity index (χ0) is 12.4. The molecule has 98 valence electrons. The van der Waals surface area contributed by atoms with Gasteiger partial charge in [0.15, 0.2) is 0 Å². The van der Waals surface area contributed by atoms with E-state index in [1.165, 1.54) is 19.4 Å². The minimum atomic E-state index is 0.253. The van der Waals surface area contributed by atoms with Gasteiger partial charge in [-0.1, -0.05) is 11.6 Å². The topological polar surface area (TPSA) is 37.4 Å². The molecule has 0 amide bonds. The number of pyridine rings is 1. The maximum Gasteiger partial charge on any atom is 0.0874 e. The molecule has 4 nitrogen and oxygen atoms in total. The Balaban J connectivity index is 1.53. The van der Waals surface area contributed by atoms with E-state index in [4.69, 9.17) is 16.3 Å². The van der Waals surface area contributed by atoms with Gasteiger partial charge in [0, 0.05) is 31.5 Å². The van der Waals surface area contributed by atoms with E-state index in [2.05, 4.69) is 15.2 Å². The maximum atomic E-state index is 6.05. The van der Waals surface area contributed by atoms with E-state index in [9.17, 15) is 0 Å². The summed E-state index contributed by atoms with van der Waals surface area (Å²) >= 11 is 6.05. The summed E-state index contributed by atoms with van der Waals surface area (Å²) in [5.41, 5.74) is 0.929. The van der Waals surface area contributed by atoms with Gasteiger partial charge in [-0.25, -0.2) is 0 Å². The highest BCUT2D eigenvalue weighted by Gasteiger charge is 2.31. The van der Waals surface area contributed by atoms with Crippen molar-refractivity contribution in [2.75, 3.05) is 31.6 Å². The fourth-order valence-corrected chi connectivity index (χ4v) is 2.94. The van der Waals surface area contributed by atoms with Gasteiger partial charge >= 0.3 is 0 Å². The monoisotopic (exact) mass is 267 g/mol. The Morgan fingerprint density at radius 1 is 1.56 bits per heavy atom. The van der Waals surface area contributed by atoms with E-state index in [1.807, 2.05) is 6.07 Å². The van der Waals surface area contributed by atoms with Crippen LogP contribution in [0.1, 0.15) is 12.8 Å². The van der Waals surface area contributed by atoms with Crippen molar-refractivity contribution in [3.8, 4) is 0 Å². The second kappa shape index (κ2) is 5.43. The molecule has 3 heterocycles. The Morgan fingerprint density at radius 3 is 3.39 bits per heavy atom. The van der Waals surface area contributed by atoms with Crippen molar-refractivity contribution < 1.29 is 4.74 Å². The van der Waals surface area contributed by atoms with Crippen molar-refractivity contribution in [1.82, 2.24) is 9.88 Å². The van der Waals surface area contributed by atoms with E-state index >= 15 is 0 Å². The lowest BCUT2D eigenvalue weighted by Crippen LogP contribution is -2.48. The molecular formula is C13H18ClN3O. The molecule has 0 aliphatic carbocycles. The van der Waals surface area contributed by atoms with Gasteiger partial charge in [-0.05, 0) is 25.5 Å². The van der Waals surface area contributed by atoms with E-state index in [0.29, 0.717) is 11.1 Å². The zero-order valence-corrected chi connectivity index (χ0v) is 11.1. The Bertz CT molecular complexity index is 415. The minimum absolute atomic E-state index is 0.253. The van der Waals surface area contributed by atoms with Crippen LogP contribution >= 0.6 is 11.6 Å². The highest BCUT2D eigenvalue weighted by Crippen LogP contribution is 2.24. The van der Waals surface area contributed by atoms with Crippen molar-refractivity contribution >= 4 is 17.3 Å². The molecule has 1 aromatic heterocycles. The highest BCUT2D eigenvalue weighted by molar-refractivity contribution is 6.33. The average molecular weight is 268 g/mol. The highest BCUT2D eigenvalue weighted by atomic mass is 35.5. The number of morpholine rings is 1.